The van der Waals surface area contributed by atoms with Crippen molar-refractivity contribution in [2.24, 2.45) is 4.99 Å². The number of methoxy groups -OCH3 is 1. The highest BCUT2D eigenvalue weighted by Crippen LogP contribution is 2.30. The van der Waals surface area contributed by atoms with Crippen LogP contribution in [-0.2, 0) is 6.54 Å². The van der Waals surface area contributed by atoms with E-state index in [-0.39, 0.29) is 11.8 Å². The number of nitrogens with zero attached hydrogens (tertiary/aromatic N) is 2. The smallest absolute Gasteiger partial charge is 0.387 e. The standard InChI is InChI=1S/C22H28F2N4O2/c1-3-25-22(26-14-16-7-6-8-18(13-16)30-21(23)24)27-17-11-12-28(15-17)19-9-4-5-10-20(19)29-2/h4-10,13,17,21H,3,11-12,14-15H2,1-2H3,(H2,25,26,27). The monoisotopic (exact) mass is 418 g/mol. The maximum Gasteiger partial charge on any atom is 0.387 e. The maximum absolute atomic E-state index is 12.4. The van der Waals surface area contributed by atoms with Crippen LogP contribution < -0.4 is 25.0 Å². The van der Waals surface area contributed by atoms with Crippen molar-refractivity contribution in [1.29, 1.82) is 0 Å². The zero-order valence-corrected chi connectivity index (χ0v) is 17.3. The summed E-state index contributed by atoms with van der Waals surface area (Å²) in [7, 11) is 1.68. The third-order valence-electron chi connectivity index (χ3n) is 4.84. The summed E-state index contributed by atoms with van der Waals surface area (Å²) in [4.78, 5) is 6.90. The number of aliphatic imine (C=N–C) groups is 1. The van der Waals surface area contributed by atoms with Gasteiger partial charge < -0.3 is 25.0 Å². The zero-order valence-electron chi connectivity index (χ0n) is 17.3. The van der Waals surface area contributed by atoms with Crippen molar-refractivity contribution in [3.63, 3.8) is 0 Å². The van der Waals surface area contributed by atoms with Gasteiger partial charge in [-0.15, -0.1) is 0 Å². The van der Waals surface area contributed by atoms with Gasteiger partial charge in [0.25, 0.3) is 0 Å². The first-order chi connectivity index (χ1) is 14.6. The van der Waals surface area contributed by atoms with Crippen LogP contribution in [0.25, 0.3) is 0 Å². The van der Waals surface area contributed by atoms with Gasteiger partial charge in [0.05, 0.1) is 19.3 Å². The van der Waals surface area contributed by atoms with Gasteiger partial charge in [-0.3, -0.25) is 0 Å². The first kappa shape index (κ1) is 21.7. The molecule has 8 heteroatoms. The Morgan fingerprint density at radius 1 is 1.23 bits per heavy atom. The number of ether oxygens (including phenoxy) is 2. The molecule has 1 unspecified atom stereocenters. The highest BCUT2D eigenvalue weighted by atomic mass is 19.3. The van der Waals surface area contributed by atoms with E-state index in [0.717, 1.165) is 43.1 Å². The highest BCUT2D eigenvalue weighted by molar-refractivity contribution is 5.80. The van der Waals surface area contributed by atoms with Crippen molar-refractivity contribution in [3.05, 3.63) is 54.1 Å². The van der Waals surface area contributed by atoms with E-state index in [1.807, 2.05) is 31.2 Å². The van der Waals surface area contributed by atoms with Gasteiger partial charge in [0, 0.05) is 25.7 Å². The minimum Gasteiger partial charge on any atom is -0.495 e. The molecule has 3 rings (SSSR count). The number of hydrogen-bond donors (Lipinski definition) is 2. The Hall–Kier alpha value is -3.03. The quantitative estimate of drug-likeness (QED) is 0.507. The lowest BCUT2D eigenvalue weighted by Crippen LogP contribution is -2.44. The number of halogens is 2. The van der Waals surface area contributed by atoms with Crippen LogP contribution in [-0.4, -0.2) is 45.4 Å². The van der Waals surface area contributed by atoms with Gasteiger partial charge in [0.15, 0.2) is 5.96 Å². The van der Waals surface area contributed by atoms with Gasteiger partial charge in [-0.2, -0.15) is 8.78 Å². The molecule has 0 amide bonds. The molecule has 2 aromatic carbocycles. The molecule has 1 aliphatic heterocycles. The minimum atomic E-state index is -2.84. The Kier molecular flexibility index (Phi) is 7.70. The third kappa shape index (κ3) is 5.98. The van der Waals surface area contributed by atoms with E-state index in [1.54, 1.807) is 19.2 Å². The molecule has 0 aliphatic carbocycles. The van der Waals surface area contributed by atoms with Crippen molar-refractivity contribution in [2.75, 3.05) is 31.6 Å². The molecule has 0 radical (unpaired) electrons. The fourth-order valence-corrected chi connectivity index (χ4v) is 3.49. The van der Waals surface area contributed by atoms with Crippen molar-refractivity contribution in [2.45, 2.75) is 32.5 Å². The van der Waals surface area contributed by atoms with Crippen LogP contribution in [0.4, 0.5) is 14.5 Å². The predicted octanol–water partition coefficient (Wildman–Crippen LogP) is 3.63. The van der Waals surface area contributed by atoms with Crippen molar-refractivity contribution >= 4 is 11.6 Å². The summed E-state index contributed by atoms with van der Waals surface area (Å²) in [5.74, 6) is 1.70. The van der Waals surface area contributed by atoms with Crippen LogP contribution in [0, 0.1) is 0 Å². The zero-order chi connectivity index (χ0) is 21.3. The summed E-state index contributed by atoms with van der Waals surface area (Å²) < 4.78 is 34.8. The van der Waals surface area contributed by atoms with Crippen LogP contribution in [0.15, 0.2) is 53.5 Å². The number of alkyl halides is 2. The fraction of sp³-hybridized carbons (Fsp3) is 0.409. The lowest BCUT2D eigenvalue weighted by molar-refractivity contribution is -0.0498. The third-order valence-corrected chi connectivity index (χ3v) is 4.84. The van der Waals surface area contributed by atoms with Crippen LogP contribution in [0.3, 0.4) is 0 Å². The number of anilines is 1. The lowest BCUT2D eigenvalue weighted by atomic mass is 10.2. The normalized spacial score (nSPS) is 16.6. The second-order valence-electron chi connectivity index (χ2n) is 6.97. The van der Waals surface area contributed by atoms with Crippen LogP contribution in [0.1, 0.15) is 18.9 Å². The van der Waals surface area contributed by atoms with E-state index in [9.17, 15) is 8.78 Å². The van der Waals surface area contributed by atoms with Gasteiger partial charge in [0.2, 0.25) is 0 Å². The Bertz CT molecular complexity index is 847. The summed E-state index contributed by atoms with van der Waals surface area (Å²) >= 11 is 0. The summed E-state index contributed by atoms with van der Waals surface area (Å²) in [5.41, 5.74) is 1.88. The van der Waals surface area contributed by atoms with E-state index < -0.39 is 6.61 Å². The van der Waals surface area contributed by atoms with Gasteiger partial charge in [0.1, 0.15) is 11.5 Å². The van der Waals surface area contributed by atoms with E-state index in [0.29, 0.717) is 12.5 Å². The molecule has 1 fully saturated rings. The largest absolute Gasteiger partial charge is 0.495 e. The maximum atomic E-state index is 12.4. The molecule has 6 nitrogen and oxygen atoms in total. The average Bonchev–Trinajstić information content (AvgIpc) is 3.20. The van der Waals surface area contributed by atoms with Gasteiger partial charge in [-0.25, -0.2) is 4.99 Å². The first-order valence-corrected chi connectivity index (χ1v) is 10.1. The minimum absolute atomic E-state index is 0.138. The second-order valence-corrected chi connectivity index (χ2v) is 6.97. The van der Waals surface area contributed by atoms with E-state index >= 15 is 0 Å². The molecule has 1 atom stereocenters. The molecule has 1 aliphatic rings. The summed E-state index contributed by atoms with van der Waals surface area (Å²) in [6.07, 6.45) is 0.972. The number of rotatable bonds is 8. The molecule has 1 saturated heterocycles. The molecule has 30 heavy (non-hydrogen) atoms. The number of para-hydroxylation sites is 2. The summed E-state index contributed by atoms with van der Waals surface area (Å²) in [6, 6.07) is 14.9. The van der Waals surface area contributed by atoms with Crippen LogP contribution in [0.5, 0.6) is 11.5 Å². The van der Waals surface area contributed by atoms with Gasteiger partial charge in [-0.05, 0) is 43.2 Å². The molecule has 1 heterocycles. The molecule has 0 aromatic heterocycles. The van der Waals surface area contributed by atoms with Crippen LogP contribution in [0.2, 0.25) is 0 Å². The number of guanidine groups is 1. The molecular weight excluding hydrogens is 390 g/mol. The lowest BCUT2D eigenvalue weighted by Gasteiger charge is -2.22. The average molecular weight is 418 g/mol. The molecule has 0 bridgehead atoms. The van der Waals surface area contributed by atoms with Crippen LogP contribution >= 0.6 is 0 Å². The van der Waals surface area contributed by atoms with E-state index in [4.69, 9.17) is 4.74 Å². The molecule has 2 N–H and O–H groups in total. The molecule has 2 aromatic rings. The number of benzene rings is 2. The van der Waals surface area contributed by atoms with E-state index in [1.165, 1.54) is 6.07 Å². The SMILES string of the molecule is CCNC(=NCc1cccc(OC(F)F)c1)NC1CCN(c2ccccc2OC)C1. The Morgan fingerprint density at radius 3 is 2.83 bits per heavy atom. The Balaban J connectivity index is 1.62. The fourth-order valence-electron chi connectivity index (χ4n) is 3.49. The Morgan fingerprint density at radius 2 is 2.07 bits per heavy atom. The first-order valence-electron chi connectivity index (χ1n) is 10.1. The van der Waals surface area contributed by atoms with Crippen molar-refractivity contribution < 1.29 is 18.3 Å². The molecule has 162 valence electrons. The summed E-state index contributed by atoms with van der Waals surface area (Å²) in [5, 5.41) is 6.72. The topological polar surface area (TPSA) is 58.1 Å². The predicted molar refractivity (Wildman–Crippen MR) is 115 cm³/mol. The van der Waals surface area contributed by atoms with Gasteiger partial charge >= 0.3 is 6.61 Å². The molecule has 0 saturated carbocycles. The molecular formula is C22H28F2N4O2. The Labute approximate surface area is 175 Å². The van der Waals surface area contributed by atoms with Crippen molar-refractivity contribution in [3.8, 4) is 11.5 Å². The van der Waals surface area contributed by atoms with Gasteiger partial charge in [-0.1, -0.05) is 24.3 Å². The summed E-state index contributed by atoms with van der Waals surface area (Å²) in [6.45, 7) is 2.01. The number of nitrogens with one attached hydrogen (secondary N) is 2. The number of hydrogen-bond acceptors (Lipinski definition) is 4. The second kappa shape index (κ2) is 10.7. The molecule has 0 spiro atoms. The van der Waals surface area contributed by atoms with E-state index in [2.05, 4.69) is 31.3 Å². The highest BCUT2D eigenvalue weighted by Gasteiger charge is 2.25. The van der Waals surface area contributed by atoms with Crippen molar-refractivity contribution in [1.82, 2.24) is 10.6 Å².